The van der Waals surface area contributed by atoms with Crippen LogP contribution in [0.2, 0.25) is 5.02 Å². The fourth-order valence-corrected chi connectivity index (χ4v) is 2.18. The van der Waals surface area contributed by atoms with Crippen molar-refractivity contribution in [1.29, 1.82) is 0 Å². The predicted molar refractivity (Wildman–Crippen MR) is 75.2 cm³/mol. The second-order valence-electron chi connectivity index (χ2n) is 3.56. The SMILES string of the molecule is Fc1ccc(Oc2cc(Br)ccc2CCl)c(Cl)c1. The number of hydrogen-bond acceptors (Lipinski definition) is 1. The van der Waals surface area contributed by atoms with Gasteiger partial charge in [-0.05, 0) is 30.3 Å². The molecule has 0 spiro atoms. The Morgan fingerprint density at radius 3 is 2.56 bits per heavy atom. The lowest BCUT2D eigenvalue weighted by Gasteiger charge is -2.11. The molecule has 0 radical (unpaired) electrons. The standard InChI is InChI=1S/C13H8BrCl2FO/c14-9-2-1-8(7-15)13(5-9)18-12-4-3-10(17)6-11(12)16/h1-6H,7H2. The Balaban J connectivity index is 2.36. The molecule has 0 amide bonds. The molecule has 0 aliphatic carbocycles. The average molecular weight is 350 g/mol. The zero-order valence-electron chi connectivity index (χ0n) is 9.09. The summed E-state index contributed by atoms with van der Waals surface area (Å²) in [6, 6.07) is 9.49. The highest BCUT2D eigenvalue weighted by Crippen LogP contribution is 2.33. The van der Waals surface area contributed by atoms with Gasteiger partial charge in [0.1, 0.15) is 17.3 Å². The van der Waals surface area contributed by atoms with E-state index < -0.39 is 5.82 Å². The van der Waals surface area contributed by atoms with Crippen molar-refractivity contribution in [1.82, 2.24) is 0 Å². The summed E-state index contributed by atoms with van der Waals surface area (Å²) in [4.78, 5) is 0. The zero-order chi connectivity index (χ0) is 13.1. The second-order valence-corrected chi connectivity index (χ2v) is 5.15. The van der Waals surface area contributed by atoms with E-state index in [1.54, 1.807) is 6.07 Å². The number of ether oxygens (including phenoxy) is 1. The maximum Gasteiger partial charge on any atom is 0.146 e. The van der Waals surface area contributed by atoms with Crippen LogP contribution in [0.4, 0.5) is 4.39 Å². The van der Waals surface area contributed by atoms with Gasteiger partial charge in [0.15, 0.2) is 0 Å². The normalized spacial score (nSPS) is 10.4. The minimum Gasteiger partial charge on any atom is -0.455 e. The molecule has 0 aliphatic heterocycles. The molecule has 0 unspecified atom stereocenters. The Morgan fingerprint density at radius 2 is 1.89 bits per heavy atom. The molecule has 0 N–H and O–H groups in total. The summed E-state index contributed by atoms with van der Waals surface area (Å²) in [6.07, 6.45) is 0. The van der Waals surface area contributed by atoms with Crippen LogP contribution >= 0.6 is 39.1 Å². The average Bonchev–Trinajstić information content (AvgIpc) is 2.33. The van der Waals surface area contributed by atoms with E-state index in [-0.39, 0.29) is 5.02 Å². The first-order chi connectivity index (χ1) is 8.60. The smallest absolute Gasteiger partial charge is 0.146 e. The van der Waals surface area contributed by atoms with Crippen molar-refractivity contribution < 1.29 is 9.13 Å². The first kappa shape index (κ1) is 13.7. The number of benzene rings is 2. The maximum atomic E-state index is 12.9. The van der Waals surface area contributed by atoms with E-state index in [0.29, 0.717) is 17.4 Å². The number of alkyl halides is 1. The van der Waals surface area contributed by atoms with Crippen LogP contribution in [-0.2, 0) is 5.88 Å². The first-order valence-electron chi connectivity index (χ1n) is 5.07. The van der Waals surface area contributed by atoms with Gasteiger partial charge in [-0.25, -0.2) is 4.39 Å². The van der Waals surface area contributed by atoms with Gasteiger partial charge in [-0.1, -0.05) is 33.6 Å². The van der Waals surface area contributed by atoms with Crippen molar-refractivity contribution in [2.24, 2.45) is 0 Å². The summed E-state index contributed by atoms with van der Waals surface area (Å²) >= 11 is 15.1. The van der Waals surface area contributed by atoms with E-state index in [1.807, 2.05) is 12.1 Å². The predicted octanol–water partition coefficient (Wildman–Crippen LogP) is 5.77. The Labute approximate surface area is 123 Å². The van der Waals surface area contributed by atoms with Crippen LogP contribution in [0.3, 0.4) is 0 Å². The van der Waals surface area contributed by atoms with Crippen molar-refractivity contribution in [2.45, 2.75) is 5.88 Å². The lowest BCUT2D eigenvalue weighted by molar-refractivity contribution is 0.476. The minimum absolute atomic E-state index is 0.218. The zero-order valence-corrected chi connectivity index (χ0v) is 12.2. The molecule has 0 saturated carbocycles. The van der Waals surface area contributed by atoms with Crippen LogP contribution in [0.1, 0.15) is 5.56 Å². The molecule has 0 aromatic heterocycles. The molecule has 5 heteroatoms. The fourth-order valence-electron chi connectivity index (χ4n) is 1.41. The van der Waals surface area contributed by atoms with Crippen molar-refractivity contribution in [3.63, 3.8) is 0 Å². The quantitative estimate of drug-likeness (QED) is 0.639. The van der Waals surface area contributed by atoms with Crippen molar-refractivity contribution in [3.05, 3.63) is 57.3 Å². The molecule has 0 fully saturated rings. The Hall–Kier alpha value is -0.770. The third kappa shape index (κ3) is 3.16. The molecule has 2 rings (SSSR count). The molecule has 1 nitrogen and oxygen atoms in total. The van der Waals surface area contributed by atoms with Crippen LogP contribution in [0.25, 0.3) is 0 Å². The summed E-state index contributed by atoms with van der Waals surface area (Å²) in [5.74, 6) is 0.899. The largest absolute Gasteiger partial charge is 0.455 e. The van der Waals surface area contributed by atoms with Crippen molar-refractivity contribution in [3.8, 4) is 11.5 Å². The fraction of sp³-hybridized carbons (Fsp3) is 0.0769. The molecule has 18 heavy (non-hydrogen) atoms. The van der Waals surface area contributed by atoms with Crippen molar-refractivity contribution >= 4 is 39.1 Å². The monoisotopic (exact) mass is 348 g/mol. The van der Waals surface area contributed by atoms with Crippen LogP contribution in [0.5, 0.6) is 11.5 Å². The molecule has 2 aromatic carbocycles. The Morgan fingerprint density at radius 1 is 1.11 bits per heavy atom. The molecule has 94 valence electrons. The summed E-state index contributed by atoms with van der Waals surface area (Å²) in [7, 11) is 0. The number of halogens is 4. The summed E-state index contributed by atoms with van der Waals surface area (Å²) in [5, 5.41) is 0.218. The van der Waals surface area contributed by atoms with Gasteiger partial charge in [-0.2, -0.15) is 0 Å². The van der Waals surface area contributed by atoms with E-state index in [2.05, 4.69) is 15.9 Å². The van der Waals surface area contributed by atoms with Crippen LogP contribution in [0, 0.1) is 5.82 Å². The molecule has 0 aliphatic rings. The summed E-state index contributed by atoms with van der Waals surface area (Å²) < 4.78 is 19.4. The molecule has 0 saturated heterocycles. The van der Waals surface area contributed by atoms with Gasteiger partial charge in [0.2, 0.25) is 0 Å². The third-order valence-electron chi connectivity index (χ3n) is 2.29. The summed E-state index contributed by atoms with van der Waals surface area (Å²) in [5.41, 5.74) is 0.834. The van der Waals surface area contributed by atoms with Gasteiger partial charge < -0.3 is 4.74 Å². The Bertz CT molecular complexity index is 575. The van der Waals surface area contributed by atoms with E-state index in [0.717, 1.165) is 10.0 Å². The van der Waals surface area contributed by atoms with E-state index >= 15 is 0 Å². The minimum atomic E-state index is -0.404. The second kappa shape index (κ2) is 5.91. The molecular weight excluding hydrogens is 342 g/mol. The topological polar surface area (TPSA) is 9.23 Å². The van der Waals surface area contributed by atoms with Crippen LogP contribution in [0.15, 0.2) is 40.9 Å². The van der Waals surface area contributed by atoms with Gasteiger partial charge in [-0.3, -0.25) is 0 Å². The van der Waals surface area contributed by atoms with E-state index in [4.69, 9.17) is 27.9 Å². The summed E-state index contributed by atoms with van der Waals surface area (Å²) in [6.45, 7) is 0. The number of rotatable bonds is 3. The van der Waals surface area contributed by atoms with Gasteiger partial charge in [-0.15, -0.1) is 11.6 Å². The highest BCUT2D eigenvalue weighted by Gasteiger charge is 2.08. The van der Waals surface area contributed by atoms with E-state index in [1.165, 1.54) is 18.2 Å². The molecule has 0 atom stereocenters. The third-order valence-corrected chi connectivity index (χ3v) is 3.36. The number of hydrogen-bond donors (Lipinski definition) is 0. The van der Waals surface area contributed by atoms with Gasteiger partial charge in [0.05, 0.1) is 10.9 Å². The van der Waals surface area contributed by atoms with Crippen LogP contribution in [-0.4, -0.2) is 0 Å². The molecule has 2 aromatic rings. The first-order valence-corrected chi connectivity index (χ1v) is 6.78. The van der Waals surface area contributed by atoms with Gasteiger partial charge in [0, 0.05) is 10.0 Å². The molecule has 0 bridgehead atoms. The van der Waals surface area contributed by atoms with Crippen LogP contribution < -0.4 is 4.74 Å². The van der Waals surface area contributed by atoms with Gasteiger partial charge >= 0.3 is 0 Å². The molecular formula is C13H8BrCl2FO. The molecule has 0 heterocycles. The van der Waals surface area contributed by atoms with Gasteiger partial charge in [0.25, 0.3) is 0 Å². The highest BCUT2D eigenvalue weighted by molar-refractivity contribution is 9.10. The lowest BCUT2D eigenvalue weighted by Crippen LogP contribution is -1.91. The lowest BCUT2D eigenvalue weighted by atomic mass is 10.2. The van der Waals surface area contributed by atoms with E-state index in [9.17, 15) is 4.39 Å². The Kier molecular flexibility index (Phi) is 4.49. The van der Waals surface area contributed by atoms with Crippen molar-refractivity contribution in [2.75, 3.05) is 0 Å². The maximum absolute atomic E-state index is 12.9. The highest BCUT2D eigenvalue weighted by atomic mass is 79.9.